The fraction of sp³-hybridized carbons (Fsp3) is 0.889. The number of hydrogen-bond donors (Lipinski definition) is 0. The van der Waals surface area contributed by atoms with Crippen molar-refractivity contribution in [2.24, 2.45) is 5.41 Å². The summed E-state index contributed by atoms with van der Waals surface area (Å²) >= 11 is 11.4. The third-order valence-corrected chi connectivity index (χ3v) is 17.2. The summed E-state index contributed by atoms with van der Waals surface area (Å²) in [5, 5.41) is 0. The monoisotopic (exact) mass is 608 g/mol. The highest BCUT2D eigenvalue weighted by Crippen LogP contribution is 2.59. The summed E-state index contributed by atoms with van der Waals surface area (Å²) in [5.74, 6) is 7.13. The summed E-state index contributed by atoms with van der Waals surface area (Å²) < 4.78 is 0.160. The molecule has 36 heavy (non-hydrogen) atoms. The van der Waals surface area contributed by atoms with E-state index < -0.39 is 5.41 Å². The van der Waals surface area contributed by atoms with E-state index in [0.717, 1.165) is 53.8 Å². The molecule has 3 nitrogen and oxygen atoms in total. The minimum atomic E-state index is -0.520. The van der Waals surface area contributed by atoms with Crippen LogP contribution in [0.4, 0.5) is 0 Å². The molecule has 0 aliphatic carbocycles. The van der Waals surface area contributed by atoms with E-state index in [-0.39, 0.29) is 29.6 Å². The summed E-state index contributed by atoms with van der Waals surface area (Å²) in [6.45, 7) is 8.63. The van der Waals surface area contributed by atoms with Crippen LogP contribution < -0.4 is 0 Å². The van der Waals surface area contributed by atoms with Gasteiger partial charge in [-0.3, -0.25) is 14.4 Å². The van der Waals surface area contributed by atoms with Gasteiger partial charge in [0.2, 0.25) is 0 Å². The Hall–Kier alpha value is 1.11. The maximum Gasteiger partial charge on any atom is 0.135 e. The van der Waals surface area contributed by atoms with Crippen molar-refractivity contribution < 1.29 is 14.4 Å². The second kappa shape index (κ2) is 14.1. The summed E-state index contributed by atoms with van der Waals surface area (Å²) in [5.41, 5.74) is -0.520. The van der Waals surface area contributed by atoms with Crippen LogP contribution in [-0.4, -0.2) is 64.1 Å². The van der Waals surface area contributed by atoms with Crippen molar-refractivity contribution in [2.75, 3.05) is 34.5 Å². The van der Waals surface area contributed by atoms with E-state index in [1.54, 1.807) is 0 Å². The fourth-order valence-corrected chi connectivity index (χ4v) is 12.1. The van der Waals surface area contributed by atoms with Gasteiger partial charge in [-0.05, 0) is 48.4 Å². The molecule has 0 N–H and O–H groups in total. The quantitative estimate of drug-likeness (QED) is 0.113. The molecule has 0 spiro atoms. The summed E-state index contributed by atoms with van der Waals surface area (Å²) in [6, 6.07) is 0. The number of hydrogen-bond acceptors (Lipinski definition) is 9. The smallest absolute Gasteiger partial charge is 0.135 e. The Balaban J connectivity index is 1.66. The number of rotatable bonds is 22. The van der Waals surface area contributed by atoms with Crippen LogP contribution in [0.2, 0.25) is 0 Å². The first-order chi connectivity index (χ1) is 17.2. The topological polar surface area (TPSA) is 51.2 Å². The summed E-state index contributed by atoms with van der Waals surface area (Å²) in [4.78, 5) is 40.2. The normalized spacial score (nSPS) is 30.0. The zero-order valence-corrected chi connectivity index (χ0v) is 27.4. The number of Topliss-reactive ketones (excluding diaryl/α,β-unsaturated/α-hetero) is 3. The lowest BCUT2D eigenvalue weighted by Crippen LogP contribution is -2.33. The van der Waals surface area contributed by atoms with Gasteiger partial charge in [-0.1, -0.05) is 27.7 Å². The fourth-order valence-electron chi connectivity index (χ4n) is 4.72. The van der Waals surface area contributed by atoms with Crippen LogP contribution in [-0.2, 0) is 14.4 Å². The molecular formula is C27H44O3S6. The Morgan fingerprint density at radius 3 is 1.08 bits per heavy atom. The van der Waals surface area contributed by atoms with E-state index in [0.29, 0.717) is 44.9 Å². The molecule has 3 heterocycles. The summed E-state index contributed by atoms with van der Waals surface area (Å²) in [6.07, 6.45) is 6.92. The number of carbonyl (C=O) groups excluding carboxylic acids is 3. The van der Waals surface area contributed by atoms with Crippen LogP contribution in [0.1, 0.15) is 91.9 Å². The van der Waals surface area contributed by atoms with Gasteiger partial charge in [-0.15, -0.1) is 70.6 Å². The van der Waals surface area contributed by atoms with Crippen molar-refractivity contribution >= 4 is 87.9 Å². The van der Waals surface area contributed by atoms with Crippen molar-refractivity contribution in [3.05, 3.63) is 0 Å². The Kier molecular flexibility index (Phi) is 12.4. The van der Waals surface area contributed by atoms with E-state index in [9.17, 15) is 14.4 Å². The molecule has 0 amide bonds. The van der Waals surface area contributed by atoms with Gasteiger partial charge >= 0.3 is 0 Å². The lowest BCUT2D eigenvalue weighted by Gasteiger charge is -2.32. The first-order valence-corrected chi connectivity index (χ1v) is 19.5. The SMILES string of the molecule is CCCSC1(CC(=O)CC(CC)(CC(=O)CC2(SCCC)CS2)CC(=O)CC2(SCCC)CS2)CS1. The first kappa shape index (κ1) is 31.6. The molecule has 0 aromatic rings. The average Bonchev–Trinajstić information content (AvgIpc) is 3.73. The lowest BCUT2D eigenvalue weighted by atomic mass is 9.71. The largest absolute Gasteiger partial charge is 0.300 e. The molecule has 0 aromatic heterocycles. The second-order valence-electron chi connectivity index (χ2n) is 10.7. The maximum absolute atomic E-state index is 13.4. The molecule has 3 saturated heterocycles. The van der Waals surface area contributed by atoms with Gasteiger partial charge in [0.15, 0.2) is 0 Å². The van der Waals surface area contributed by atoms with Crippen molar-refractivity contribution in [1.29, 1.82) is 0 Å². The van der Waals surface area contributed by atoms with E-state index >= 15 is 0 Å². The molecule has 0 bridgehead atoms. The number of ketones is 3. The number of thioether (sulfide) groups is 6. The third kappa shape index (κ3) is 9.94. The molecule has 3 aliphatic heterocycles. The summed E-state index contributed by atoms with van der Waals surface area (Å²) in [7, 11) is 0. The molecular weight excluding hydrogens is 565 g/mol. The van der Waals surface area contributed by atoms with E-state index in [1.165, 1.54) is 0 Å². The highest BCUT2D eigenvalue weighted by Gasteiger charge is 2.50. The second-order valence-corrected chi connectivity index (χ2v) is 20.0. The highest BCUT2D eigenvalue weighted by atomic mass is 32.2. The van der Waals surface area contributed by atoms with Crippen molar-refractivity contribution in [2.45, 2.75) is 104 Å². The minimum Gasteiger partial charge on any atom is -0.300 e. The Labute approximate surface area is 244 Å². The Bertz CT molecular complexity index is 676. The van der Waals surface area contributed by atoms with Gasteiger partial charge in [0.25, 0.3) is 0 Å². The van der Waals surface area contributed by atoms with E-state index in [2.05, 4.69) is 27.7 Å². The molecule has 3 atom stereocenters. The van der Waals surface area contributed by atoms with Crippen molar-refractivity contribution in [3.63, 3.8) is 0 Å². The zero-order valence-electron chi connectivity index (χ0n) is 22.5. The molecule has 0 saturated carbocycles. The molecule has 3 aliphatic rings. The van der Waals surface area contributed by atoms with Crippen LogP contribution in [0.5, 0.6) is 0 Å². The highest BCUT2D eigenvalue weighted by molar-refractivity contribution is 8.25. The van der Waals surface area contributed by atoms with Gasteiger partial charge in [0.05, 0.1) is 12.2 Å². The standard InChI is InChI=1S/C27H44O3S6/c1-5-9-31-25(18-34-25)15-21(28)12-24(8-4,13-22(29)16-26(19-35-26)32-10-6-2)14-23(30)17-27(20-36-27)33-11-7-3/h5-20H2,1-4H3. The van der Waals surface area contributed by atoms with Crippen LogP contribution in [0.15, 0.2) is 0 Å². The van der Waals surface area contributed by atoms with Crippen LogP contribution in [0.3, 0.4) is 0 Å². The van der Waals surface area contributed by atoms with Gasteiger partial charge < -0.3 is 0 Å². The molecule has 3 fully saturated rings. The first-order valence-electron chi connectivity index (χ1n) is 13.6. The molecule has 206 valence electrons. The molecule has 3 rings (SSSR count). The third-order valence-electron chi connectivity index (χ3n) is 6.97. The van der Waals surface area contributed by atoms with E-state index in [4.69, 9.17) is 0 Å². The van der Waals surface area contributed by atoms with Gasteiger partial charge in [-0.2, -0.15) is 0 Å². The van der Waals surface area contributed by atoms with Gasteiger partial charge in [0.1, 0.15) is 17.3 Å². The predicted molar refractivity (Wildman–Crippen MR) is 169 cm³/mol. The molecule has 9 heteroatoms. The van der Waals surface area contributed by atoms with Crippen molar-refractivity contribution in [1.82, 2.24) is 0 Å². The lowest BCUT2D eigenvalue weighted by molar-refractivity contribution is -0.127. The van der Waals surface area contributed by atoms with E-state index in [1.807, 2.05) is 70.6 Å². The minimum absolute atomic E-state index is 0.0532. The van der Waals surface area contributed by atoms with Crippen LogP contribution in [0.25, 0.3) is 0 Å². The molecule has 0 aromatic carbocycles. The van der Waals surface area contributed by atoms with Crippen molar-refractivity contribution in [3.8, 4) is 0 Å². The van der Waals surface area contributed by atoms with Gasteiger partial charge in [-0.25, -0.2) is 0 Å². The van der Waals surface area contributed by atoms with Crippen LogP contribution >= 0.6 is 70.6 Å². The van der Waals surface area contributed by atoms with Crippen LogP contribution in [0, 0.1) is 5.41 Å². The van der Waals surface area contributed by atoms with Gasteiger partial charge in [0, 0.05) is 55.8 Å². The Morgan fingerprint density at radius 2 is 0.889 bits per heavy atom. The molecule has 3 unspecified atom stereocenters. The average molecular weight is 609 g/mol. The zero-order chi connectivity index (χ0) is 26.3. The maximum atomic E-state index is 13.4. The predicted octanol–water partition coefficient (Wildman–Crippen LogP) is 8.19. The molecule has 0 radical (unpaired) electrons. The number of carbonyl (C=O) groups is 3. The Morgan fingerprint density at radius 1 is 0.611 bits per heavy atom.